The van der Waals surface area contributed by atoms with Gasteiger partial charge in [0.15, 0.2) is 5.96 Å². The number of nitrogens with zero attached hydrogens (tertiary/aromatic N) is 2. The number of unbranched alkanes of at least 4 members (excludes halogenated alkanes) is 1. The van der Waals surface area contributed by atoms with E-state index in [4.69, 9.17) is 28.3 Å². The lowest BCUT2D eigenvalue weighted by Gasteiger charge is -2.31. The molecule has 25 heteroatoms. The van der Waals surface area contributed by atoms with Gasteiger partial charge in [0.2, 0.25) is 53.2 Å². The van der Waals surface area contributed by atoms with Gasteiger partial charge in [-0.2, -0.15) is 11.8 Å². The number of nitrogens with one attached hydrogen (secondary N) is 9. The van der Waals surface area contributed by atoms with Crippen molar-refractivity contribution < 1.29 is 43.2 Å². The zero-order valence-corrected chi connectivity index (χ0v) is 50.3. The van der Waals surface area contributed by atoms with Crippen molar-refractivity contribution in [3.63, 3.8) is 0 Å². The summed E-state index contributed by atoms with van der Waals surface area (Å²) in [5.41, 5.74) is 26.1. The Labute approximate surface area is 506 Å². The van der Waals surface area contributed by atoms with Gasteiger partial charge in [-0.05, 0) is 111 Å². The number of nitrogens with two attached hydrogens (primary N) is 4. The van der Waals surface area contributed by atoms with Crippen molar-refractivity contribution in [3.8, 4) is 0 Å². The Balaban J connectivity index is 1.30. The van der Waals surface area contributed by atoms with Crippen LogP contribution in [0.1, 0.15) is 94.7 Å². The predicted octanol–water partition coefficient (Wildman–Crippen LogP) is 0.701. The number of guanidine groups is 1. The first kappa shape index (κ1) is 67.1. The number of primary amides is 1. The molecule has 0 unspecified atom stereocenters. The van der Waals surface area contributed by atoms with E-state index in [2.05, 4.69) is 42.2 Å². The Hall–Kier alpha value is -8.03. The standard InChI is InChI=1S/C61H87N15O9S/c1-37(2)51(52(64)77)74-58(83)50-26-16-31-76(50)60(85)45(23-12-13-28-62)70-55(80)46(33-38-17-6-4-7-18-38)71-56(81)48(35-40-36-68-43-22-11-10-21-41(40)43)72-53(78)44(24-14-29-67-61(65)66)69-54(79)47(34-39-19-8-5-9-20-39)73-57(82)49-25-15-30-75(49)59(84)42(63)27-32-86-3/h4-11,17-22,36-37,42,44-51,68H,12-16,23-35,62-63H2,1-3H3,(H2,64,77)(H,69,79)(H,70,80)(H,71,81)(H,72,78)(H,73,82)(H,74,83)(H4,65,66,67)/t42-,44+,45-,46-,47-,48+,49-,50-,51-/m0/s1. The number of amides is 9. The summed E-state index contributed by atoms with van der Waals surface area (Å²) in [6.45, 7) is 4.45. The smallest absolute Gasteiger partial charge is 0.245 e. The highest BCUT2D eigenvalue weighted by Crippen LogP contribution is 2.24. The molecular weight excluding hydrogens is 1120 g/mol. The quantitative estimate of drug-likeness (QED) is 0.0178. The lowest BCUT2D eigenvalue weighted by Crippen LogP contribution is -2.61. The normalized spacial score (nSPS) is 17.3. The van der Waals surface area contributed by atoms with E-state index in [1.165, 1.54) is 9.80 Å². The van der Waals surface area contributed by atoms with Crippen molar-refractivity contribution in [2.45, 2.75) is 152 Å². The first-order valence-corrected chi connectivity index (χ1v) is 31.1. The highest BCUT2D eigenvalue weighted by molar-refractivity contribution is 7.98. The predicted molar refractivity (Wildman–Crippen MR) is 330 cm³/mol. The number of likely N-dealkylation sites (tertiary alicyclic amines) is 2. The van der Waals surface area contributed by atoms with Gasteiger partial charge in [0.05, 0.1) is 6.04 Å². The molecule has 6 rings (SSSR count). The van der Waals surface area contributed by atoms with Crippen LogP contribution in [0.4, 0.5) is 0 Å². The number of aromatic nitrogens is 1. The molecule has 3 heterocycles. The molecule has 0 aliphatic carbocycles. The molecule has 1 aromatic heterocycles. The van der Waals surface area contributed by atoms with E-state index in [0.717, 1.165) is 10.9 Å². The van der Waals surface area contributed by atoms with Crippen LogP contribution in [0.25, 0.3) is 10.9 Å². The number of H-pyrrole nitrogens is 1. The molecule has 0 radical (unpaired) electrons. The van der Waals surface area contributed by atoms with Crippen molar-refractivity contribution in [2.24, 2.45) is 28.9 Å². The van der Waals surface area contributed by atoms with Gasteiger partial charge in [0.25, 0.3) is 0 Å². The van der Waals surface area contributed by atoms with Crippen LogP contribution < -0.4 is 60.2 Å². The summed E-state index contributed by atoms with van der Waals surface area (Å²) in [5.74, 6) is -5.70. The molecule has 17 N–H and O–H groups in total. The van der Waals surface area contributed by atoms with Crippen LogP contribution in [-0.4, -0.2) is 166 Å². The monoisotopic (exact) mass is 1210 g/mol. The third kappa shape index (κ3) is 19.5. The Morgan fingerprint density at radius 3 is 1.67 bits per heavy atom. The topological polar surface area (TPSA) is 388 Å². The molecule has 0 bridgehead atoms. The Morgan fingerprint density at radius 1 is 0.616 bits per heavy atom. The number of rotatable bonds is 33. The average molecular weight is 1210 g/mol. The minimum Gasteiger partial charge on any atom is -0.370 e. The molecule has 86 heavy (non-hydrogen) atoms. The molecule has 9 amide bonds. The van der Waals surface area contributed by atoms with E-state index in [9.17, 15) is 33.6 Å². The van der Waals surface area contributed by atoms with Crippen molar-refractivity contribution in [2.75, 3.05) is 38.2 Å². The molecule has 2 aliphatic rings. The van der Waals surface area contributed by atoms with Gasteiger partial charge in [-0.1, -0.05) is 92.7 Å². The fraction of sp³-hybridized carbons (Fsp3) is 0.508. The summed E-state index contributed by atoms with van der Waals surface area (Å²) in [6, 6.07) is 15.1. The lowest BCUT2D eigenvalue weighted by molar-refractivity contribution is -0.142. The average Bonchev–Trinajstić information content (AvgIpc) is 3.17. The number of para-hydroxylation sites is 1. The van der Waals surface area contributed by atoms with E-state index in [1.54, 1.807) is 86.4 Å². The van der Waals surface area contributed by atoms with E-state index in [0.29, 0.717) is 80.5 Å². The molecule has 2 aliphatic heterocycles. The third-order valence-electron chi connectivity index (χ3n) is 15.6. The number of fused-ring (bicyclic) bond motifs is 1. The van der Waals surface area contributed by atoms with Gasteiger partial charge in [-0.25, -0.2) is 0 Å². The third-order valence-corrected chi connectivity index (χ3v) is 16.3. The summed E-state index contributed by atoms with van der Waals surface area (Å²) in [4.78, 5) is 134. The van der Waals surface area contributed by atoms with Gasteiger partial charge >= 0.3 is 0 Å². The first-order chi connectivity index (χ1) is 41.3. The van der Waals surface area contributed by atoms with Crippen LogP contribution in [0.3, 0.4) is 0 Å². The molecule has 2 saturated heterocycles. The first-order valence-electron chi connectivity index (χ1n) is 29.7. The maximum atomic E-state index is 15.2. The maximum absolute atomic E-state index is 15.2. The highest BCUT2D eigenvalue weighted by atomic mass is 32.2. The zero-order valence-electron chi connectivity index (χ0n) is 49.4. The van der Waals surface area contributed by atoms with Gasteiger partial charge in [0.1, 0.15) is 48.3 Å². The van der Waals surface area contributed by atoms with Gasteiger partial charge < -0.3 is 74.9 Å². The van der Waals surface area contributed by atoms with Crippen LogP contribution in [0, 0.1) is 11.3 Å². The molecule has 0 spiro atoms. The summed E-state index contributed by atoms with van der Waals surface area (Å²) in [5, 5.41) is 28.3. The van der Waals surface area contributed by atoms with E-state index in [1.807, 2.05) is 36.6 Å². The van der Waals surface area contributed by atoms with E-state index >= 15 is 9.59 Å². The van der Waals surface area contributed by atoms with E-state index in [-0.39, 0.29) is 69.4 Å². The van der Waals surface area contributed by atoms with Crippen molar-refractivity contribution >= 4 is 81.8 Å². The minimum atomic E-state index is -1.41. The number of hydrogen-bond donors (Lipinski definition) is 13. The van der Waals surface area contributed by atoms with E-state index < -0.39 is 102 Å². The Morgan fingerprint density at radius 2 is 1.12 bits per heavy atom. The van der Waals surface area contributed by atoms with Crippen LogP contribution in [0.15, 0.2) is 91.1 Å². The Kier molecular flexibility index (Phi) is 26.2. The van der Waals surface area contributed by atoms with Crippen molar-refractivity contribution in [1.82, 2.24) is 52.0 Å². The van der Waals surface area contributed by atoms with Crippen LogP contribution in [0.5, 0.6) is 0 Å². The second-order valence-corrected chi connectivity index (χ2v) is 23.4. The number of thioether (sulfide) groups is 1. The lowest BCUT2D eigenvalue weighted by atomic mass is 10.00. The summed E-state index contributed by atoms with van der Waals surface area (Å²) >= 11 is 1.55. The molecule has 466 valence electrons. The molecule has 0 saturated carbocycles. The molecule has 9 atom stereocenters. The molecule has 4 aromatic rings. The number of aromatic amines is 1. The number of benzene rings is 3. The SMILES string of the molecule is CSCC[C@H](N)C(=O)N1CCC[C@H]1C(=O)N[C@@H](Cc1ccccc1)C(=O)N[C@H](CCCNC(=N)N)C(=O)N[C@H](Cc1c[nH]c2ccccc12)C(=O)N[C@@H](Cc1ccccc1)C(=O)N[C@@H](CCCCN)C(=O)N1CCC[C@H]1C(=O)N[C@H](C(N)=O)C(C)C. The van der Waals surface area contributed by atoms with Crippen LogP contribution in [-0.2, 0) is 62.4 Å². The fourth-order valence-corrected chi connectivity index (χ4v) is 11.4. The number of carbonyl (C=O) groups is 9. The van der Waals surface area contributed by atoms with Gasteiger partial charge in [-0.3, -0.25) is 48.6 Å². The summed E-state index contributed by atoms with van der Waals surface area (Å²) < 4.78 is 0. The number of carbonyl (C=O) groups excluding carboxylic acids is 9. The van der Waals surface area contributed by atoms with Crippen LogP contribution in [0.2, 0.25) is 0 Å². The van der Waals surface area contributed by atoms with Crippen molar-refractivity contribution in [3.05, 3.63) is 108 Å². The number of hydrogen-bond acceptors (Lipinski definition) is 13. The second kappa shape index (κ2) is 33.6. The minimum absolute atomic E-state index is 0.00606. The van der Waals surface area contributed by atoms with Crippen LogP contribution >= 0.6 is 11.8 Å². The highest BCUT2D eigenvalue weighted by Gasteiger charge is 2.41. The fourth-order valence-electron chi connectivity index (χ4n) is 11.0. The summed E-state index contributed by atoms with van der Waals surface area (Å²) in [6.07, 6.45) is 6.83. The molecular formula is C61H87N15O9S. The zero-order chi connectivity index (χ0) is 62.3. The molecule has 3 aromatic carbocycles. The van der Waals surface area contributed by atoms with Crippen molar-refractivity contribution in [1.29, 1.82) is 5.41 Å². The molecule has 24 nitrogen and oxygen atoms in total. The second-order valence-electron chi connectivity index (χ2n) is 22.4. The maximum Gasteiger partial charge on any atom is 0.245 e. The summed E-state index contributed by atoms with van der Waals surface area (Å²) in [7, 11) is 0. The largest absolute Gasteiger partial charge is 0.370 e. The van der Waals surface area contributed by atoms with Gasteiger partial charge in [0, 0.05) is 56.0 Å². The Bertz CT molecular complexity index is 2950. The van der Waals surface area contributed by atoms with Gasteiger partial charge in [-0.15, -0.1) is 0 Å². The molecule has 2 fully saturated rings.